The Morgan fingerprint density at radius 1 is 1.35 bits per heavy atom. The summed E-state index contributed by atoms with van der Waals surface area (Å²) in [6.07, 6.45) is 4.83. The topological polar surface area (TPSA) is 26.0 Å². The minimum Gasteiger partial charge on any atom is -0.445 e. The fraction of sp³-hybridized carbons (Fsp3) is 0.0833. The number of halogens is 3. The maximum absolute atomic E-state index is 12.8. The molecule has 17 heavy (non-hydrogen) atoms. The Bertz CT molecular complexity index is 551. The van der Waals surface area contributed by atoms with E-state index < -0.39 is 0 Å². The molecular formula is C12H8Cl2FNO. The number of aromatic nitrogens is 1. The molecule has 0 fully saturated rings. The van der Waals surface area contributed by atoms with Gasteiger partial charge < -0.3 is 4.42 Å². The second-order valence-electron chi connectivity index (χ2n) is 3.31. The zero-order valence-corrected chi connectivity index (χ0v) is 10.2. The zero-order chi connectivity index (χ0) is 12.3. The first-order chi connectivity index (χ1) is 8.19. The van der Waals surface area contributed by atoms with Gasteiger partial charge in [0.2, 0.25) is 5.89 Å². The first-order valence-electron chi connectivity index (χ1n) is 4.82. The molecule has 0 aliphatic rings. The van der Waals surface area contributed by atoms with Crippen LogP contribution in [0.5, 0.6) is 0 Å². The average Bonchev–Trinajstić information content (AvgIpc) is 2.76. The number of hydrogen-bond acceptors (Lipinski definition) is 2. The molecule has 0 bridgehead atoms. The number of alkyl halides is 1. The van der Waals surface area contributed by atoms with Crippen LogP contribution in [-0.2, 0) is 5.88 Å². The van der Waals surface area contributed by atoms with E-state index in [-0.39, 0.29) is 5.82 Å². The summed E-state index contributed by atoms with van der Waals surface area (Å²) >= 11 is 11.5. The van der Waals surface area contributed by atoms with Gasteiger partial charge in [-0.25, -0.2) is 9.37 Å². The minimum atomic E-state index is -0.368. The van der Waals surface area contributed by atoms with Crippen molar-refractivity contribution in [2.45, 2.75) is 5.88 Å². The van der Waals surface area contributed by atoms with Gasteiger partial charge in [-0.15, -0.1) is 11.6 Å². The van der Waals surface area contributed by atoms with Gasteiger partial charge in [-0.3, -0.25) is 0 Å². The summed E-state index contributed by atoms with van der Waals surface area (Å²) in [7, 11) is 0. The van der Waals surface area contributed by atoms with Crippen molar-refractivity contribution < 1.29 is 8.81 Å². The molecule has 0 saturated heterocycles. The van der Waals surface area contributed by atoms with E-state index in [9.17, 15) is 4.39 Å². The van der Waals surface area contributed by atoms with E-state index in [0.717, 1.165) is 0 Å². The number of nitrogens with zero attached hydrogens (tertiary/aromatic N) is 1. The zero-order valence-electron chi connectivity index (χ0n) is 8.66. The smallest absolute Gasteiger partial charge is 0.218 e. The van der Waals surface area contributed by atoms with Gasteiger partial charge in [-0.1, -0.05) is 17.7 Å². The van der Waals surface area contributed by atoms with Gasteiger partial charge in [-0.05, 0) is 23.8 Å². The van der Waals surface area contributed by atoms with Crippen LogP contribution in [0.3, 0.4) is 0 Å². The van der Waals surface area contributed by atoms with Crippen LogP contribution in [0.2, 0.25) is 5.02 Å². The lowest BCUT2D eigenvalue weighted by atomic mass is 10.2. The molecule has 1 aromatic heterocycles. The van der Waals surface area contributed by atoms with E-state index >= 15 is 0 Å². The van der Waals surface area contributed by atoms with Crippen molar-refractivity contribution in [2.24, 2.45) is 0 Å². The van der Waals surface area contributed by atoms with Crippen molar-refractivity contribution >= 4 is 35.4 Å². The van der Waals surface area contributed by atoms with E-state index in [1.807, 2.05) is 0 Å². The maximum Gasteiger partial charge on any atom is 0.218 e. The molecule has 1 aromatic carbocycles. The van der Waals surface area contributed by atoms with E-state index in [4.69, 9.17) is 27.6 Å². The van der Waals surface area contributed by atoms with Crippen molar-refractivity contribution in [3.63, 3.8) is 0 Å². The third-order valence-corrected chi connectivity index (χ3v) is 2.68. The normalized spacial score (nSPS) is 11.2. The van der Waals surface area contributed by atoms with Crippen molar-refractivity contribution in [2.75, 3.05) is 0 Å². The third-order valence-electron chi connectivity index (χ3n) is 2.07. The summed E-state index contributed by atoms with van der Waals surface area (Å²) in [6, 6.07) is 4.17. The summed E-state index contributed by atoms with van der Waals surface area (Å²) in [4.78, 5) is 4.09. The predicted octanol–water partition coefficient (Wildman–Crippen LogP) is 4.38. The molecule has 5 heteroatoms. The van der Waals surface area contributed by atoms with E-state index in [0.29, 0.717) is 28.1 Å². The first kappa shape index (κ1) is 12.1. The van der Waals surface area contributed by atoms with E-state index in [1.165, 1.54) is 18.4 Å². The molecule has 2 aromatic rings. The third kappa shape index (κ3) is 3.08. The lowest BCUT2D eigenvalue weighted by Gasteiger charge is -1.96. The summed E-state index contributed by atoms with van der Waals surface area (Å²) in [5.41, 5.74) is 1.36. The quantitative estimate of drug-likeness (QED) is 0.775. The molecule has 88 valence electrons. The second-order valence-corrected chi connectivity index (χ2v) is 3.98. The van der Waals surface area contributed by atoms with Gasteiger partial charge >= 0.3 is 0 Å². The molecule has 0 spiro atoms. The Kier molecular flexibility index (Phi) is 3.82. The van der Waals surface area contributed by atoms with Crippen LogP contribution in [0.25, 0.3) is 12.2 Å². The standard InChI is InChI=1S/C12H8Cl2FNO/c13-6-10-7-17-12(16-10)4-2-8-1-3-9(15)5-11(8)14/h1-5,7H,6H2. The van der Waals surface area contributed by atoms with Crippen molar-refractivity contribution in [3.05, 3.63) is 52.5 Å². The van der Waals surface area contributed by atoms with Crippen molar-refractivity contribution in [1.82, 2.24) is 4.98 Å². The summed E-state index contributed by atoms with van der Waals surface area (Å²) < 4.78 is 17.9. The van der Waals surface area contributed by atoms with Crippen LogP contribution < -0.4 is 0 Å². The molecule has 0 unspecified atom stereocenters. The van der Waals surface area contributed by atoms with Gasteiger partial charge in [0.15, 0.2) is 0 Å². The average molecular weight is 272 g/mol. The van der Waals surface area contributed by atoms with Gasteiger partial charge in [-0.2, -0.15) is 0 Å². The minimum absolute atomic E-state index is 0.300. The van der Waals surface area contributed by atoms with Gasteiger partial charge in [0, 0.05) is 6.08 Å². The highest BCUT2D eigenvalue weighted by Crippen LogP contribution is 2.19. The molecule has 0 N–H and O–H groups in total. The molecule has 0 radical (unpaired) electrons. The molecule has 1 heterocycles. The van der Waals surface area contributed by atoms with Crippen molar-refractivity contribution in [1.29, 1.82) is 0 Å². The summed E-state index contributed by atoms with van der Waals surface area (Å²) in [5, 5.41) is 0.338. The molecule has 0 aliphatic carbocycles. The summed E-state index contributed by atoms with van der Waals surface area (Å²) in [6.45, 7) is 0. The van der Waals surface area contributed by atoms with Crippen LogP contribution in [-0.4, -0.2) is 4.98 Å². The van der Waals surface area contributed by atoms with Crippen LogP contribution in [0, 0.1) is 5.82 Å². The van der Waals surface area contributed by atoms with Gasteiger partial charge in [0.05, 0.1) is 16.6 Å². The molecule has 0 saturated carbocycles. The Morgan fingerprint density at radius 3 is 2.82 bits per heavy atom. The Balaban J connectivity index is 2.19. The lowest BCUT2D eigenvalue weighted by molar-refractivity contribution is 0.546. The molecule has 0 atom stereocenters. The SMILES string of the molecule is Fc1ccc(C=Cc2nc(CCl)co2)c(Cl)c1. The Morgan fingerprint density at radius 2 is 2.18 bits per heavy atom. The first-order valence-corrected chi connectivity index (χ1v) is 5.74. The maximum atomic E-state index is 12.8. The number of oxazole rings is 1. The molecule has 0 amide bonds. The number of rotatable bonds is 3. The molecule has 2 rings (SSSR count). The van der Waals surface area contributed by atoms with Gasteiger partial charge in [0.25, 0.3) is 0 Å². The molecule has 0 aliphatic heterocycles. The van der Waals surface area contributed by atoms with E-state index in [1.54, 1.807) is 18.2 Å². The Hall–Kier alpha value is -1.32. The highest BCUT2D eigenvalue weighted by atomic mass is 35.5. The van der Waals surface area contributed by atoms with Crippen LogP contribution in [0.1, 0.15) is 17.1 Å². The fourth-order valence-corrected chi connectivity index (χ4v) is 1.61. The Labute approximate surface area is 108 Å². The summed E-state index contributed by atoms with van der Waals surface area (Å²) in [5.74, 6) is 0.364. The number of benzene rings is 1. The lowest BCUT2D eigenvalue weighted by Crippen LogP contribution is -1.79. The molecular weight excluding hydrogens is 264 g/mol. The van der Waals surface area contributed by atoms with Crippen LogP contribution in [0.15, 0.2) is 28.9 Å². The highest BCUT2D eigenvalue weighted by Gasteiger charge is 2.01. The van der Waals surface area contributed by atoms with Crippen molar-refractivity contribution in [3.8, 4) is 0 Å². The number of hydrogen-bond donors (Lipinski definition) is 0. The predicted molar refractivity (Wildman–Crippen MR) is 66.4 cm³/mol. The largest absolute Gasteiger partial charge is 0.445 e. The monoisotopic (exact) mass is 271 g/mol. The fourth-order valence-electron chi connectivity index (χ4n) is 1.26. The highest BCUT2D eigenvalue weighted by molar-refractivity contribution is 6.32. The van der Waals surface area contributed by atoms with Crippen LogP contribution in [0.4, 0.5) is 4.39 Å². The molecule has 2 nitrogen and oxygen atoms in total. The van der Waals surface area contributed by atoms with Crippen LogP contribution >= 0.6 is 23.2 Å². The van der Waals surface area contributed by atoms with E-state index in [2.05, 4.69) is 4.98 Å². The van der Waals surface area contributed by atoms with Gasteiger partial charge in [0.1, 0.15) is 12.1 Å². The second kappa shape index (κ2) is 5.34.